The Kier molecular flexibility index (Phi) is 3.84. The van der Waals surface area contributed by atoms with Gasteiger partial charge in [0.25, 0.3) is 0 Å². The Labute approximate surface area is 127 Å². The maximum Gasteiger partial charge on any atom is 0.416 e. The molecule has 1 fully saturated rings. The molecule has 0 aliphatic carbocycles. The summed E-state index contributed by atoms with van der Waals surface area (Å²) in [5, 5.41) is 11.2. The maximum absolute atomic E-state index is 12.8. The summed E-state index contributed by atoms with van der Waals surface area (Å²) in [7, 11) is 0. The molecule has 1 aliphatic heterocycles. The number of aromatic nitrogens is 1. The number of hydrogen-bond acceptors (Lipinski definition) is 6. The molecule has 3 N–H and O–H groups in total. The fourth-order valence-corrected chi connectivity index (χ4v) is 2.96. The van der Waals surface area contributed by atoms with Gasteiger partial charge in [-0.1, -0.05) is 12.1 Å². The normalized spacial score (nSPS) is 21.7. The summed E-state index contributed by atoms with van der Waals surface area (Å²) in [4.78, 5) is 4.34. The molecular weight excluding hydrogens is 315 g/mol. The van der Waals surface area contributed by atoms with Crippen LogP contribution in [0.3, 0.4) is 0 Å². The number of benzene rings is 1. The lowest BCUT2D eigenvalue weighted by Gasteiger charge is -2.08. The van der Waals surface area contributed by atoms with Crippen molar-refractivity contribution in [3.8, 4) is 16.6 Å². The van der Waals surface area contributed by atoms with Gasteiger partial charge in [0.1, 0.15) is 11.0 Å². The van der Waals surface area contributed by atoms with Gasteiger partial charge in [-0.25, -0.2) is 15.8 Å². The number of halogens is 3. The van der Waals surface area contributed by atoms with Crippen LogP contribution in [0.1, 0.15) is 17.3 Å². The van der Waals surface area contributed by atoms with Gasteiger partial charge in [0.2, 0.25) is 0 Å². The van der Waals surface area contributed by atoms with Crippen molar-refractivity contribution in [2.45, 2.75) is 18.3 Å². The highest BCUT2D eigenvalue weighted by atomic mass is 32.1. The minimum atomic E-state index is -4.39. The van der Waals surface area contributed by atoms with Crippen LogP contribution in [0, 0.1) is 11.3 Å². The summed E-state index contributed by atoms with van der Waals surface area (Å²) >= 11 is 1.24. The standard InChI is InChI=1S/C13H10F3N5S/c14-13(15,16)8-3-1-2-7(4-8)12-18-10(6-22-12)11-9(5-17)19-21-20-11/h1-4,6,9,11,19-21H. The average molecular weight is 325 g/mol. The van der Waals surface area contributed by atoms with Gasteiger partial charge < -0.3 is 0 Å². The molecule has 0 amide bonds. The van der Waals surface area contributed by atoms with E-state index >= 15 is 0 Å². The first-order valence-electron chi connectivity index (χ1n) is 6.28. The lowest BCUT2D eigenvalue weighted by atomic mass is 10.1. The van der Waals surface area contributed by atoms with Crippen molar-refractivity contribution in [1.29, 1.82) is 5.26 Å². The summed E-state index contributed by atoms with van der Waals surface area (Å²) in [5.41, 5.74) is 8.52. The van der Waals surface area contributed by atoms with E-state index in [1.807, 2.05) is 0 Å². The van der Waals surface area contributed by atoms with Crippen molar-refractivity contribution in [1.82, 2.24) is 21.4 Å². The first-order chi connectivity index (χ1) is 10.5. The number of rotatable bonds is 2. The Morgan fingerprint density at radius 1 is 1.27 bits per heavy atom. The van der Waals surface area contributed by atoms with Crippen LogP contribution in [0.2, 0.25) is 0 Å². The zero-order chi connectivity index (χ0) is 15.7. The Balaban J connectivity index is 1.90. The smallest absolute Gasteiger partial charge is 0.239 e. The average Bonchev–Trinajstić information content (AvgIpc) is 3.15. The predicted molar refractivity (Wildman–Crippen MR) is 74.1 cm³/mol. The van der Waals surface area contributed by atoms with Crippen LogP contribution >= 0.6 is 11.3 Å². The molecule has 1 aromatic carbocycles. The van der Waals surface area contributed by atoms with Crippen molar-refractivity contribution in [3.63, 3.8) is 0 Å². The van der Waals surface area contributed by atoms with E-state index in [1.54, 1.807) is 11.4 Å². The van der Waals surface area contributed by atoms with Gasteiger partial charge in [-0.05, 0) is 12.1 Å². The molecular formula is C13H10F3N5S. The van der Waals surface area contributed by atoms with Gasteiger partial charge in [0.15, 0.2) is 0 Å². The van der Waals surface area contributed by atoms with Crippen molar-refractivity contribution in [2.24, 2.45) is 0 Å². The van der Waals surface area contributed by atoms with Crippen LogP contribution in [0.25, 0.3) is 10.6 Å². The number of nitriles is 1. The summed E-state index contributed by atoms with van der Waals surface area (Å²) < 4.78 is 38.3. The highest BCUT2D eigenvalue weighted by molar-refractivity contribution is 7.13. The monoisotopic (exact) mass is 325 g/mol. The molecule has 2 unspecified atom stereocenters. The van der Waals surface area contributed by atoms with E-state index in [0.717, 1.165) is 12.1 Å². The number of alkyl halides is 3. The van der Waals surface area contributed by atoms with Gasteiger partial charge in [-0.3, -0.25) is 0 Å². The SMILES string of the molecule is N#CC1NNNC1c1csc(-c2cccc(C(F)(F)F)c2)n1. The molecule has 114 valence electrons. The molecule has 0 spiro atoms. The van der Waals surface area contributed by atoms with Gasteiger partial charge in [-0.15, -0.1) is 11.3 Å². The van der Waals surface area contributed by atoms with Crippen molar-refractivity contribution < 1.29 is 13.2 Å². The summed E-state index contributed by atoms with van der Waals surface area (Å²) in [6.07, 6.45) is -4.39. The van der Waals surface area contributed by atoms with E-state index in [2.05, 4.69) is 27.4 Å². The molecule has 1 aromatic heterocycles. The first kappa shape index (κ1) is 14.9. The van der Waals surface area contributed by atoms with E-state index in [9.17, 15) is 13.2 Å². The number of nitrogens with one attached hydrogen (secondary N) is 3. The third kappa shape index (κ3) is 2.82. The zero-order valence-electron chi connectivity index (χ0n) is 11.0. The summed E-state index contributed by atoms with van der Waals surface area (Å²) in [5.74, 6) is 0. The quantitative estimate of drug-likeness (QED) is 0.791. The third-order valence-corrected chi connectivity index (χ3v) is 4.11. The van der Waals surface area contributed by atoms with Crippen LogP contribution in [-0.4, -0.2) is 11.0 Å². The second kappa shape index (κ2) is 5.66. The topological polar surface area (TPSA) is 72.8 Å². The summed E-state index contributed by atoms with van der Waals surface area (Å²) in [6.45, 7) is 0. The minimum Gasteiger partial charge on any atom is -0.239 e. The maximum atomic E-state index is 12.8. The number of thiazole rings is 1. The molecule has 1 aliphatic rings. The molecule has 9 heteroatoms. The van der Waals surface area contributed by atoms with Crippen LogP contribution in [-0.2, 0) is 6.18 Å². The third-order valence-electron chi connectivity index (χ3n) is 3.21. The van der Waals surface area contributed by atoms with E-state index in [-0.39, 0.29) is 6.04 Å². The van der Waals surface area contributed by atoms with Crippen LogP contribution < -0.4 is 16.4 Å². The second-order valence-electron chi connectivity index (χ2n) is 4.65. The summed E-state index contributed by atoms with van der Waals surface area (Å²) in [6, 6.07) is 6.24. The van der Waals surface area contributed by atoms with Crippen molar-refractivity contribution in [3.05, 3.63) is 40.9 Å². The molecule has 3 rings (SSSR count). The lowest BCUT2D eigenvalue weighted by molar-refractivity contribution is -0.137. The fourth-order valence-electron chi connectivity index (χ4n) is 2.11. The van der Waals surface area contributed by atoms with Crippen LogP contribution in [0.5, 0.6) is 0 Å². The van der Waals surface area contributed by atoms with E-state index in [0.29, 0.717) is 16.3 Å². The van der Waals surface area contributed by atoms with Gasteiger partial charge in [0, 0.05) is 10.9 Å². The van der Waals surface area contributed by atoms with E-state index in [4.69, 9.17) is 5.26 Å². The number of nitrogens with zero attached hydrogens (tertiary/aromatic N) is 2. The fraction of sp³-hybridized carbons (Fsp3) is 0.231. The molecule has 5 nitrogen and oxygen atoms in total. The van der Waals surface area contributed by atoms with E-state index < -0.39 is 17.8 Å². The first-order valence-corrected chi connectivity index (χ1v) is 7.16. The molecule has 1 saturated heterocycles. The molecule has 0 saturated carbocycles. The Bertz CT molecular complexity index is 721. The zero-order valence-corrected chi connectivity index (χ0v) is 11.8. The number of hydrogen-bond donors (Lipinski definition) is 3. The molecule has 2 aromatic rings. The largest absolute Gasteiger partial charge is 0.416 e. The van der Waals surface area contributed by atoms with Crippen molar-refractivity contribution in [2.75, 3.05) is 0 Å². The van der Waals surface area contributed by atoms with Crippen LogP contribution in [0.15, 0.2) is 29.6 Å². The molecule has 22 heavy (non-hydrogen) atoms. The Morgan fingerprint density at radius 2 is 2.09 bits per heavy atom. The lowest BCUT2D eigenvalue weighted by Crippen LogP contribution is -2.32. The molecule has 0 bridgehead atoms. The highest BCUT2D eigenvalue weighted by Crippen LogP contribution is 2.34. The van der Waals surface area contributed by atoms with Gasteiger partial charge >= 0.3 is 6.18 Å². The predicted octanol–water partition coefficient (Wildman–Crippen LogP) is 2.37. The minimum absolute atomic E-state index is 0.360. The second-order valence-corrected chi connectivity index (χ2v) is 5.51. The van der Waals surface area contributed by atoms with E-state index in [1.165, 1.54) is 17.4 Å². The van der Waals surface area contributed by atoms with Gasteiger partial charge in [0.05, 0.1) is 23.4 Å². The Morgan fingerprint density at radius 3 is 2.82 bits per heavy atom. The van der Waals surface area contributed by atoms with Crippen LogP contribution in [0.4, 0.5) is 13.2 Å². The van der Waals surface area contributed by atoms with Crippen molar-refractivity contribution >= 4 is 11.3 Å². The molecule has 0 radical (unpaired) electrons. The number of hydrazine groups is 2. The highest BCUT2D eigenvalue weighted by Gasteiger charge is 2.32. The molecule has 2 heterocycles. The Hall–Kier alpha value is -1.99. The molecule has 2 atom stereocenters. The van der Waals surface area contributed by atoms with Gasteiger partial charge in [-0.2, -0.15) is 24.0 Å².